The fraction of sp³-hybridized carbons (Fsp3) is 0.824. The lowest BCUT2D eigenvalue weighted by Crippen LogP contribution is -2.49. The zero-order valence-corrected chi connectivity index (χ0v) is 43.6. The fourth-order valence-electron chi connectivity index (χ4n) is 7.97. The van der Waals surface area contributed by atoms with Crippen LogP contribution in [0.25, 0.3) is 0 Å². The highest BCUT2D eigenvalue weighted by molar-refractivity contribution is 6.01. The zero-order chi connectivity index (χ0) is 52.8. The number of hydrogen-bond donors (Lipinski definition) is 4. The van der Waals surface area contributed by atoms with E-state index >= 15 is 0 Å². The van der Waals surface area contributed by atoms with Gasteiger partial charge in [0.1, 0.15) is 24.9 Å². The van der Waals surface area contributed by atoms with Crippen molar-refractivity contribution in [2.45, 2.75) is 187 Å². The molecular weight excluding hydrogens is 939 g/mol. The molecule has 2 rings (SSSR count). The molecule has 2 aliphatic heterocycles. The minimum Gasteiger partial charge on any atom is -0.481 e. The van der Waals surface area contributed by atoms with Crippen LogP contribution < -0.4 is 16.0 Å². The monoisotopic (exact) mass is 1030 g/mol. The number of ether oxygens (including phenoxy) is 5. The second kappa shape index (κ2) is 38.8. The molecule has 0 bridgehead atoms. The molecule has 412 valence electrons. The molecule has 0 aliphatic carbocycles. The zero-order valence-electron chi connectivity index (χ0n) is 43.6. The number of imide groups is 1. The van der Waals surface area contributed by atoms with Gasteiger partial charge in [0.25, 0.3) is 11.8 Å². The van der Waals surface area contributed by atoms with Gasteiger partial charge in [0.15, 0.2) is 0 Å². The largest absolute Gasteiger partial charge is 0.481 e. The van der Waals surface area contributed by atoms with E-state index in [-0.39, 0.29) is 121 Å². The van der Waals surface area contributed by atoms with E-state index in [1.807, 2.05) is 4.90 Å². The molecule has 21 nitrogen and oxygen atoms in total. The van der Waals surface area contributed by atoms with Crippen molar-refractivity contribution < 1.29 is 76.8 Å². The van der Waals surface area contributed by atoms with Gasteiger partial charge in [-0.05, 0) is 52.9 Å². The number of aliphatic carboxylic acids is 1. The molecule has 0 spiro atoms. The van der Waals surface area contributed by atoms with E-state index in [0.29, 0.717) is 37.4 Å². The average molecular weight is 1030 g/mol. The third-order valence-electron chi connectivity index (χ3n) is 12.0. The van der Waals surface area contributed by atoms with Crippen LogP contribution in [0.4, 0.5) is 0 Å². The molecule has 6 amide bonds. The number of hydroxylamine groups is 2. The highest BCUT2D eigenvalue weighted by atomic mass is 16.7. The number of amides is 6. The molecule has 0 aromatic heterocycles. The summed E-state index contributed by atoms with van der Waals surface area (Å²) in [6.45, 7) is 6.74. The van der Waals surface area contributed by atoms with Crippen molar-refractivity contribution in [3.8, 4) is 0 Å². The Labute approximate surface area is 426 Å². The topological polar surface area (TPSA) is 272 Å². The molecule has 1 atom stereocenters. The predicted molar refractivity (Wildman–Crippen MR) is 264 cm³/mol. The number of hydrogen-bond acceptors (Lipinski definition) is 15. The first-order valence-electron chi connectivity index (χ1n) is 26.5. The second-order valence-electron chi connectivity index (χ2n) is 19.4. The van der Waals surface area contributed by atoms with Crippen LogP contribution in [-0.4, -0.2) is 159 Å². The van der Waals surface area contributed by atoms with Crippen LogP contribution >= 0.6 is 0 Å². The smallest absolute Gasteiger partial charge is 0.358 e. The van der Waals surface area contributed by atoms with Gasteiger partial charge in [0, 0.05) is 64.2 Å². The van der Waals surface area contributed by atoms with Crippen molar-refractivity contribution in [3.05, 3.63) is 0 Å². The van der Waals surface area contributed by atoms with Crippen LogP contribution in [0.15, 0.2) is 0 Å². The summed E-state index contributed by atoms with van der Waals surface area (Å²) >= 11 is 0. The van der Waals surface area contributed by atoms with Gasteiger partial charge in [-0.1, -0.05) is 89.9 Å². The van der Waals surface area contributed by atoms with Crippen LogP contribution in [0.3, 0.4) is 0 Å². The van der Waals surface area contributed by atoms with Crippen LogP contribution in [0.2, 0.25) is 0 Å². The minimum atomic E-state index is -1.02. The Morgan fingerprint density at radius 2 is 1.06 bits per heavy atom. The molecule has 21 heteroatoms. The van der Waals surface area contributed by atoms with Crippen molar-refractivity contribution in [2.75, 3.05) is 79.0 Å². The molecule has 2 aliphatic rings. The predicted octanol–water partition coefficient (Wildman–Crippen LogP) is 4.84. The summed E-state index contributed by atoms with van der Waals surface area (Å²) < 4.78 is 26.7. The van der Waals surface area contributed by atoms with Gasteiger partial charge in [0.05, 0.1) is 39.6 Å². The van der Waals surface area contributed by atoms with Crippen LogP contribution in [-0.2, 0) is 71.7 Å². The van der Waals surface area contributed by atoms with Crippen molar-refractivity contribution in [3.63, 3.8) is 0 Å². The summed E-state index contributed by atoms with van der Waals surface area (Å²) in [5, 5.41) is 17.3. The third kappa shape index (κ3) is 32.4. The Hall–Kier alpha value is -4.73. The number of nitrogens with zero attached hydrogens (tertiary/aromatic N) is 2. The number of carboxylic acids is 1. The molecule has 0 unspecified atom stereocenters. The first kappa shape index (κ1) is 63.4. The highest BCUT2D eigenvalue weighted by Gasteiger charge is 2.34. The summed E-state index contributed by atoms with van der Waals surface area (Å²) in [6, 6.07) is -1.02. The quantitative estimate of drug-likeness (QED) is 0.0362. The van der Waals surface area contributed by atoms with Crippen molar-refractivity contribution >= 4 is 53.4 Å². The molecule has 0 aromatic carbocycles. The van der Waals surface area contributed by atoms with E-state index in [2.05, 4.69) is 20.8 Å². The van der Waals surface area contributed by atoms with Crippen LogP contribution in [0, 0.1) is 5.92 Å². The lowest BCUT2D eigenvalue weighted by molar-refractivity contribution is -0.200. The molecule has 0 radical (unpaired) electrons. The van der Waals surface area contributed by atoms with Gasteiger partial charge in [0.2, 0.25) is 23.6 Å². The summed E-state index contributed by atoms with van der Waals surface area (Å²) in [4.78, 5) is 116. The van der Waals surface area contributed by atoms with Crippen molar-refractivity contribution in [1.29, 1.82) is 0 Å². The van der Waals surface area contributed by atoms with Crippen molar-refractivity contribution in [2.24, 2.45) is 5.92 Å². The molecule has 0 saturated carbocycles. The molecule has 2 fully saturated rings. The van der Waals surface area contributed by atoms with Gasteiger partial charge in [-0.3, -0.25) is 33.6 Å². The van der Waals surface area contributed by atoms with Crippen molar-refractivity contribution in [1.82, 2.24) is 25.9 Å². The Morgan fingerprint density at radius 1 is 0.597 bits per heavy atom. The summed E-state index contributed by atoms with van der Waals surface area (Å²) in [5.74, 6) is -4.60. The SMILES string of the molecule is CC(C)(C)OC(=O)[C@H](CCC(=O)NCCOCCOCC(=O)NCCOCCOCC(=O)ON1C(=O)CCC1=O)NC(=O)C1CCN(C(=O)CCCCCCCCCCCCCCCCCCC(=O)O)CC1. The van der Waals surface area contributed by atoms with Gasteiger partial charge < -0.3 is 54.5 Å². The van der Waals surface area contributed by atoms with Gasteiger partial charge >= 0.3 is 17.9 Å². The maximum absolute atomic E-state index is 13.4. The molecule has 2 heterocycles. The third-order valence-corrected chi connectivity index (χ3v) is 12.0. The molecule has 4 N–H and O–H groups in total. The first-order valence-corrected chi connectivity index (χ1v) is 26.5. The standard InChI is InChI=1S/C51H87N5O16/c1-51(2,3)71-50(66)41(22-23-42(57)52-28-32-67-34-36-69-38-43(58)53-29-33-68-35-37-70-39-48(64)72-56-45(60)24-25-46(56)61)54-49(65)40-26-30-55(31-27-40)44(59)20-18-16-14-12-10-8-6-4-5-7-9-11-13-15-17-19-21-47(62)63/h40-41H,4-39H2,1-3H3,(H,52,57)(H,53,58)(H,54,65)(H,62,63)/t41-/m0/s1. The van der Waals surface area contributed by atoms with E-state index in [4.69, 9.17) is 28.8 Å². The van der Waals surface area contributed by atoms with Gasteiger partial charge in [-0.25, -0.2) is 9.59 Å². The fourth-order valence-corrected chi connectivity index (χ4v) is 7.97. The second-order valence-corrected chi connectivity index (χ2v) is 19.4. The summed E-state index contributed by atoms with van der Waals surface area (Å²) in [6.07, 6.45) is 20.3. The maximum Gasteiger partial charge on any atom is 0.358 e. The van der Waals surface area contributed by atoms with E-state index in [0.717, 1.165) is 38.5 Å². The minimum absolute atomic E-state index is 0.000222. The normalized spacial score (nSPS) is 14.5. The Kier molecular flexibility index (Phi) is 34.2. The lowest BCUT2D eigenvalue weighted by Gasteiger charge is -2.32. The molecule has 2 saturated heterocycles. The molecule has 72 heavy (non-hydrogen) atoms. The number of piperidine rings is 1. The van der Waals surface area contributed by atoms with Gasteiger partial charge in [-0.2, -0.15) is 0 Å². The number of likely N-dealkylation sites (tertiary alicyclic amines) is 1. The van der Waals surface area contributed by atoms with E-state index in [9.17, 15) is 43.2 Å². The Morgan fingerprint density at radius 3 is 1.56 bits per heavy atom. The summed E-state index contributed by atoms with van der Waals surface area (Å²) in [5.41, 5.74) is -0.798. The molecule has 0 aromatic rings. The number of carbonyl (C=O) groups excluding carboxylic acids is 8. The number of carbonyl (C=O) groups is 9. The Bertz CT molecular complexity index is 1620. The number of esters is 1. The summed E-state index contributed by atoms with van der Waals surface area (Å²) in [7, 11) is 0. The molecular formula is C51H87N5O16. The van der Waals surface area contributed by atoms with Crippen LogP contribution in [0.5, 0.6) is 0 Å². The first-order chi connectivity index (χ1) is 34.6. The Balaban J connectivity index is 1.48. The van der Waals surface area contributed by atoms with Gasteiger partial charge in [-0.15, -0.1) is 5.06 Å². The van der Waals surface area contributed by atoms with E-state index in [1.54, 1.807) is 20.8 Å². The van der Waals surface area contributed by atoms with E-state index in [1.165, 1.54) is 64.2 Å². The number of nitrogens with one attached hydrogen (secondary N) is 3. The average Bonchev–Trinajstić information content (AvgIpc) is 3.65. The lowest BCUT2D eigenvalue weighted by atomic mass is 9.94. The van der Waals surface area contributed by atoms with Crippen LogP contribution in [0.1, 0.15) is 175 Å². The maximum atomic E-state index is 13.4. The number of unbranched alkanes of at least 4 members (excludes halogenated alkanes) is 15. The number of carboxylic acid groups (broad SMARTS) is 1. The highest BCUT2D eigenvalue weighted by Crippen LogP contribution is 2.21. The van der Waals surface area contributed by atoms with E-state index < -0.39 is 48.0 Å². The number of rotatable bonds is 42.